The maximum atomic E-state index is 11.4. The van der Waals surface area contributed by atoms with Gasteiger partial charge >= 0.3 is 5.97 Å². The zero-order chi connectivity index (χ0) is 12.6. The van der Waals surface area contributed by atoms with Gasteiger partial charge < -0.3 is 15.7 Å². The third-order valence-electron chi connectivity index (χ3n) is 2.26. The molecule has 5 nitrogen and oxygen atoms in total. The zero-order valence-electron chi connectivity index (χ0n) is 9.82. The Balaban J connectivity index is 4.00. The van der Waals surface area contributed by atoms with Crippen molar-refractivity contribution < 1.29 is 14.7 Å². The van der Waals surface area contributed by atoms with Crippen LogP contribution in [-0.4, -0.2) is 35.6 Å². The van der Waals surface area contributed by atoms with Crippen molar-refractivity contribution in [3.8, 4) is 0 Å². The second-order valence-corrected chi connectivity index (χ2v) is 3.67. The lowest BCUT2D eigenvalue weighted by Crippen LogP contribution is -2.45. The lowest BCUT2D eigenvalue weighted by atomic mass is 10.2. The highest BCUT2D eigenvalue weighted by Crippen LogP contribution is 1.93. The van der Waals surface area contributed by atoms with Crippen LogP contribution in [0.5, 0.6) is 0 Å². The zero-order valence-corrected chi connectivity index (χ0v) is 9.82. The van der Waals surface area contributed by atoms with Crippen LogP contribution in [0.3, 0.4) is 0 Å². The molecule has 0 aromatic heterocycles. The number of carboxylic acids is 1. The molecule has 16 heavy (non-hydrogen) atoms. The second kappa shape index (κ2) is 7.87. The third-order valence-corrected chi connectivity index (χ3v) is 2.26. The first-order chi connectivity index (χ1) is 7.51. The molecule has 0 aliphatic heterocycles. The summed E-state index contributed by atoms with van der Waals surface area (Å²) in [5, 5.41) is 14.2. The van der Waals surface area contributed by atoms with Crippen molar-refractivity contribution in [2.24, 2.45) is 0 Å². The number of rotatable bonds is 8. The van der Waals surface area contributed by atoms with Gasteiger partial charge in [-0.15, -0.1) is 6.58 Å². The van der Waals surface area contributed by atoms with E-state index in [2.05, 4.69) is 17.2 Å². The number of hydrogen-bond donors (Lipinski definition) is 3. The first-order valence-corrected chi connectivity index (χ1v) is 5.37. The summed E-state index contributed by atoms with van der Waals surface area (Å²) in [4.78, 5) is 22.1. The molecular formula is C11H20N2O3. The molecule has 0 aromatic rings. The Hall–Kier alpha value is -1.36. The van der Waals surface area contributed by atoms with Gasteiger partial charge in [-0.2, -0.15) is 0 Å². The average Bonchev–Trinajstić information content (AvgIpc) is 2.25. The van der Waals surface area contributed by atoms with Gasteiger partial charge in [0, 0.05) is 6.04 Å². The summed E-state index contributed by atoms with van der Waals surface area (Å²) in [6.07, 6.45) is 2.62. The van der Waals surface area contributed by atoms with Gasteiger partial charge in [0.25, 0.3) is 0 Å². The summed E-state index contributed by atoms with van der Waals surface area (Å²) in [5.41, 5.74) is 0. The van der Waals surface area contributed by atoms with E-state index < -0.39 is 12.0 Å². The van der Waals surface area contributed by atoms with E-state index in [1.807, 2.05) is 13.8 Å². The van der Waals surface area contributed by atoms with Gasteiger partial charge in [0.15, 0.2) is 0 Å². The summed E-state index contributed by atoms with van der Waals surface area (Å²) in [6.45, 7) is 7.55. The molecule has 0 saturated heterocycles. The van der Waals surface area contributed by atoms with Crippen LogP contribution in [-0.2, 0) is 9.59 Å². The maximum absolute atomic E-state index is 11.4. The first kappa shape index (κ1) is 14.6. The van der Waals surface area contributed by atoms with Crippen LogP contribution >= 0.6 is 0 Å². The van der Waals surface area contributed by atoms with Crippen LogP contribution in [0.15, 0.2) is 12.7 Å². The maximum Gasteiger partial charge on any atom is 0.326 e. The molecule has 0 fully saturated rings. The van der Waals surface area contributed by atoms with Crippen molar-refractivity contribution in [2.75, 3.05) is 6.54 Å². The Morgan fingerprint density at radius 1 is 1.50 bits per heavy atom. The summed E-state index contributed by atoms with van der Waals surface area (Å²) >= 11 is 0. The molecule has 0 aliphatic rings. The number of amides is 1. The monoisotopic (exact) mass is 228 g/mol. The first-order valence-electron chi connectivity index (χ1n) is 5.37. The number of hydrogen-bond acceptors (Lipinski definition) is 3. The molecule has 0 saturated carbocycles. The molecule has 0 rings (SSSR count). The summed E-state index contributed by atoms with van der Waals surface area (Å²) < 4.78 is 0. The van der Waals surface area contributed by atoms with Gasteiger partial charge in [-0.25, -0.2) is 4.79 Å². The minimum atomic E-state index is -1.04. The van der Waals surface area contributed by atoms with Crippen LogP contribution in [0.25, 0.3) is 0 Å². The molecule has 2 atom stereocenters. The summed E-state index contributed by atoms with van der Waals surface area (Å²) in [7, 11) is 0. The molecule has 0 aromatic carbocycles. The highest BCUT2D eigenvalue weighted by atomic mass is 16.4. The van der Waals surface area contributed by atoms with Gasteiger partial charge in [-0.3, -0.25) is 4.79 Å². The third kappa shape index (κ3) is 6.19. The van der Waals surface area contributed by atoms with E-state index in [4.69, 9.17) is 5.11 Å². The van der Waals surface area contributed by atoms with Gasteiger partial charge in [-0.05, 0) is 19.8 Å². The Morgan fingerprint density at radius 3 is 2.56 bits per heavy atom. The van der Waals surface area contributed by atoms with Crippen molar-refractivity contribution in [1.29, 1.82) is 0 Å². The van der Waals surface area contributed by atoms with Gasteiger partial charge in [-0.1, -0.05) is 13.0 Å². The molecule has 3 N–H and O–H groups in total. The molecule has 0 heterocycles. The van der Waals surface area contributed by atoms with E-state index in [9.17, 15) is 9.59 Å². The minimum Gasteiger partial charge on any atom is -0.480 e. The molecule has 0 spiro atoms. The standard InChI is InChI=1S/C11H20N2O3/c1-4-6-9(11(15)16)13-10(14)7-12-8(3)5-2/h4,8-9,12H,1,5-7H2,2-3H3,(H,13,14)(H,15,16). The van der Waals surface area contributed by atoms with Crippen molar-refractivity contribution in [1.82, 2.24) is 10.6 Å². The largest absolute Gasteiger partial charge is 0.480 e. The van der Waals surface area contributed by atoms with Crippen molar-refractivity contribution in [3.05, 3.63) is 12.7 Å². The predicted octanol–water partition coefficient (Wildman–Crippen LogP) is 0.520. The topological polar surface area (TPSA) is 78.4 Å². The van der Waals surface area contributed by atoms with Gasteiger partial charge in [0.1, 0.15) is 6.04 Å². The Labute approximate surface area is 95.9 Å². The quantitative estimate of drug-likeness (QED) is 0.529. The molecule has 0 bridgehead atoms. The number of carboxylic acid groups (broad SMARTS) is 1. The summed E-state index contributed by atoms with van der Waals surface area (Å²) in [6, 6.07) is -0.642. The lowest BCUT2D eigenvalue weighted by molar-refractivity contribution is -0.141. The molecule has 0 radical (unpaired) electrons. The highest BCUT2D eigenvalue weighted by molar-refractivity contribution is 5.84. The van der Waals surface area contributed by atoms with Gasteiger partial charge in [0.05, 0.1) is 6.54 Å². The van der Waals surface area contributed by atoms with Gasteiger partial charge in [0.2, 0.25) is 5.91 Å². The molecular weight excluding hydrogens is 208 g/mol. The fourth-order valence-corrected chi connectivity index (χ4v) is 1.04. The Morgan fingerprint density at radius 2 is 2.12 bits per heavy atom. The van der Waals surface area contributed by atoms with Crippen molar-refractivity contribution >= 4 is 11.9 Å². The number of carbonyl (C=O) groups is 2. The van der Waals surface area contributed by atoms with E-state index in [0.717, 1.165) is 6.42 Å². The van der Waals surface area contributed by atoms with E-state index in [1.54, 1.807) is 0 Å². The predicted molar refractivity (Wildman–Crippen MR) is 62.1 cm³/mol. The van der Waals surface area contributed by atoms with Crippen molar-refractivity contribution in [3.63, 3.8) is 0 Å². The Kier molecular flexibility index (Phi) is 7.20. The fraction of sp³-hybridized carbons (Fsp3) is 0.636. The van der Waals surface area contributed by atoms with Crippen LogP contribution in [0.4, 0.5) is 0 Å². The van der Waals surface area contributed by atoms with E-state index in [1.165, 1.54) is 6.08 Å². The summed E-state index contributed by atoms with van der Waals surface area (Å²) in [5.74, 6) is -1.36. The Bertz CT molecular complexity index is 254. The molecule has 92 valence electrons. The smallest absolute Gasteiger partial charge is 0.326 e. The molecule has 1 amide bonds. The van der Waals surface area contributed by atoms with E-state index in [0.29, 0.717) is 0 Å². The second-order valence-electron chi connectivity index (χ2n) is 3.67. The number of carbonyl (C=O) groups excluding carboxylic acids is 1. The SMILES string of the molecule is C=CCC(NC(=O)CNC(C)CC)C(=O)O. The fourth-order valence-electron chi connectivity index (χ4n) is 1.04. The average molecular weight is 228 g/mol. The lowest BCUT2D eigenvalue weighted by Gasteiger charge is -2.14. The van der Waals surface area contributed by atoms with Crippen molar-refractivity contribution in [2.45, 2.75) is 38.8 Å². The highest BCUT2D eigenvalue weighted by Gasteiger charge is 2.17. The van der Waals surface area contributed by atoms with Crippen LogP contribution in [0.2, 0.25) is 0 Å². The molecule has 5 heteroatoms. The number of nitrogens with one attached hydrogen (secondary N) is 2. The van der Waals surface area contributed by atoms with E-state index >= 15 is 0 Å². The van der Waals surface area contributed by atoms with Crippen LogP contribution in [0.1, 0.15) is 26.7 Å². The molecule has 0 aliphatic carbocycles. The van der Waals surface area contributed by atoms with Crippen LogP contribution in [0, 0.1) is 0 Å². The normalized spacial score (nSPS) is 13.9. The molecule has 2 unspecified atom stereocenters. The van der Waals surface area contributed by atoms with E-state index in [-0.39, 0.29) is 24.9 Å². The number of aliphatic carboxylic acids is 1. The van der Waals surface area contributed by atoms with Crippen LogP contribution < -0.4 is 10.6 Å². The minimum absolute atomic E-state index is 0.135.